The summed E-state index contributed by atoms with van der Waals surface area (Å²) in [4.78, 5) is 11.2. The van der Waals surface area contributed by atoms with E-state index >= 15 is 0 Å². The molecule has 0 aliphatic carbocycles. The summed E-state index contributed by atoms with van der Waals surface area (Å²) in [6, 6.07) is 18.2. The summed E-state index contributed by atoms with van der Waals surface area (Å²) in [5, 5.41) is 2.41. The molecular weight excluding hydrogens is 375 g/mol. The lowest BCUT2D eigenvalue weighted by Gasteiger charge is -2.11. The molecule has 2 nitrogen and oxygen atoms in total. The van der Waals surface area contributed by atoms with Crippen LogP contribution in [0.25, 0.3) is 21.9 Å². The van der Waals surface area contributed by atoms with Crippen LogP contribution in [0, 0.1) is 3.57 Å². The Morgan fingerprint density at radius 2 is 1.81 bits per heavy atom. The van der Waals surface area contributed by atoms with Crippen molar-refractivity contribution in [1.29, 1.82) is 0 Å². The van der Waals surface area contributed by atoms with Crippen molar-refractivity contribution < 1.29 is 9.53 Å². The number of carbonyl (C=O) groups is 1. The van der Waals surface area contributed by atoms with Crippen LogP contribution < -0.4 is 4.74 Å². The van der Waals surface area contributed by atoms with E-state index in [1.165, 1.54) is 14.3 Å². The fourth-order valence-corrected chi connectivity index (χ4v) is 3.34. The van der Waals surface area contributed by atoms with Crippen LogP contribution in [0.5, 0.6) is 5.75 Å². The topological polar surface area (TPSA) is 26.3 Å². The summed E-state index contributed by atoms with van der Waals surface area (Å²) in [6.45, 7) is 0. The Labute approximate surface area is 136 Å². The predicted molar refractivity (Wildman–Crippen MR) is 94.0 cm³/mol. The van der Waals surface area contributed by atoms with E-state index in [2.05, 4.69) is 52.9 Å². The Morgan fingerprint density at radius 3 is 2.52 bits per heavy atom. The number of carbonyl (C=O) groups excluding carboxylic acids is 1. The van der Waals surface area contributed by atoms with Gasteiger partial charge in [-0.1, -0.05) is 36.4 Å². The quantitative estimate of drug-likeness (QED) is 0.470. The fourth-order valence-electron chi connectivity index (χ4n) is 2.53. The van der Waals surface area contributed by atoms with Crippen LogP contribution in [0.2, 0.25) is 0 Å². The van der Waals surface area contributed by atoms with Crippen LogP contribution in [0.1, 0.15) is 10.4 Å². The van der Waals surface area contributed by atoms with E-state index in [1.807, 2.05) is 24.3 Å². The Bertz CT molecular complexity index is 819. The zero-order valence-electron chi connectivity index (χ0n) is 11.5. The molecule has 0 radical (unpaired) electrons. The lowest BCUT2D eigenvalue weighted by Crippen LogP contribution is -1.92. The van der Waals surface area contributed by atoms with Crippen molar-refractivity contribution in [2.24, 2.45) is 0 Å². The smallest absolute Gasteiger partial charge is 0.153 e. The van der Waals surface area contributed by atoms with E-state index in [1.54, 1.807) is 7.11 Å². The largest absolute Gasteiger partial charge is 0.496 e. The van der Waals surface area contributed by atoms with E-state index in [0.29, 0.717) is 11.3 Å². The van der Waals surface area contributed by atoms with Crippen molar-refractivity contribution in [2.75, 3.05) is 7.11 Å². The predicted octanol–water partition coefficient (Wildman–Crippen LogP) is 4.93. The Kier molecular flexibility index (Phi) is 3.92. The molecule has 0 bridgehead atoms. The van der Waals surface area contributed by atoms with E-state index in [-0.39, 0.29) is 0 Å². The Morgan fingerprint density at radius 1 is 1.05 bits per heavy atom. The number of benzene rings is 3. The number of hydrogen-bond acceptors (Lipinski definition) is 2. The first-order chi connectivity index (χ1) is 10.2. The van der Waals surface area contributed by atoms with E-state index in [4.69, 9.17) is 4.74 Å². The molecule has 0 saturated heterocycles. The van der Waals surface area contributed by atoms with Crippen molar-refractivity contribution >= 4 is 39.6 Å². The van der Waals surface area contributed by atoms with E-state index in [0.717, 1.165) is 17.4 Å². The minimum absolute atomic E-state index is 0.568. The highest BCUT2D eigenvalue weighted by Gasteiger charge is 2.09. The molecule has 0 aromatic heterocycles. The van der Waals surface area contributed by atoms with Gasteiger partial charge in [-0.25, -0.2) is 0 Å². The summed E-state index contributed by atoms with van der Waals surface area (Å²) < 4.78 is 6.40. The second-order valence-corrected chi connectivity index (χ2v) is 5.88. The standard InChI is InChI=1S/C18H13IO2/c1-21-17-9-8-13(10-14(17)11-20)15-6-2-4-12-5-3-7-16(19)18(12)15/h2-11H,1H3. The van der Waals surface area contributed by atoms with Gasteiger partial charge in [-0.05, 0) is 57.3 Å². The molecule has 0 atom stereocenters. The van der Waals surface area contributed by atoms with Crippen molar-refractivity contribution in [3.05, 3.63) is 63.7 Å². The zero-order chi connectivity index (χ0) is 14.8. The van der Waals surface area contributed by atoms with Gasteiger partial charge in [0.15, 0.2) is 6.29 Å². The SMILES string of the molecule is COc1ccc(-c2cccc3cccc(I)c23)cc1C=O. The molecule has 104 valence electrons. The lowest BCUT2D eigenvalue weighted by atomic mass is 9.97. The van der Waals surface area contributed by atoms with Crippen molar-refractivity contribution in [3.63, 3.8) is 0 Å². The molecular formula is C18H13IO2. The molecule has 0 aliphatic rings. The summed E-state index contributed by atoms with van der Waals surface area (Å²) in [6.07, 6.45) is 0.832. The molecule has 0 amide bonds. The number of rotatable bonds is 3. The van der Waals surface area contributed by atoms with Gasteiger partial charge in [0.1, 0.15) is 5.75 Å². The van der Waals surface area contributed by atoms with E-state index < -0.39 is 0 Å². The third-order valence-electron chi connectivity index (χ3n) is 3.52. The van der Waals surface area contributed by atoms with Gasteiger partial charge < -0.3 is 4.74 Å². The third kappa shape index (κ3) is 2.53. The van der Waals surface area contributed by atoms with Gasteiger partial charge in [-0.3, -0.25) is 4.79 Å². The molecule has 0 spiro atoms. The van der Waals surface area contributed by atoms with Gasteiger partial charge in [0.05, 0.1) is 12.7 Å². The first-order valence-electron chi connectivity index (χ1n) is 6.55. The number of aldehydes is 1. The molecule has 0 saturated carbocycles. The van der Waals surface area contributed by atoms with Gasteiger partial charge in [0, 0.05) is 8.96 Å². The Balaban J connectivity index is 2.28. The molecule has 0 heterocycles. The van der Waals surface area contributed by atoms with Gasteiger partial charge in [0.25, 0.3) is 0 Å². The van der Waals surface area contributed by atoms with Crippen molar-refractivity contribution in [3.8, 4) is 16.9 Å². The van der Waals surface area contributed by atoms with Gasteiger partial charge in [-0.15, -0.1) is 0 Å². The molecule has 0 N–H and O–H groups in total. The highest BCUT2D eigenvalue weighted by Crippen LogP contribution is 2.33. The number of halogens is 1. The molecule has 0 unspecified atom stereocenters. The lowest BCUT2D eigenvalue weighted by molar-refractivity contribution is 0.112. The van der Waals surface area contributed by atoms with Crippen LogP contribution in [0.15, 0.2) is 54.6 Å². The third-order valence-corrected chi connectivity index (χ3v) is 4.42. The molecule has 21 heavy (non-hydrogen) atoms. The zero-order valence-corrected chi connectivity index (χ0v) is 13.6. The number of ether oxygens (including phenoxy) is 1. The monoisotopic (exact) mass is 388 g/mol. The average molecular weight is 388 g/mol. The minimum atomic E-state index is 0.568. The van der Waals surface area contributed by atoms with Crippen LogP contribution in [0.4, 0.5) is 0 Å². The molecule has 3 aromatic carbocycles. The highest BCUT2D eigenvalue weighted by molar-refractivity contribution is 14.1. The number of fused-ring (bicyclic) bond motifs is 1. The summed E-state index contributed by atoms with van der Waals surface area (Å²) >= 11 is 2.35. The van der Waals surface area contributed by atoms with Gasteiger partial charge in [0.2, 0.25) is 0 Å². The fraction of sp³-hybridized carbons (Fsp3) is 0.0556. The van der Waals surface area contributed by atoms with Crippen LogP contribution in [-0.4, -0.2) is 13.4 Å². The van der Waals surface area contributed by atoms with Crippen molar-refractivity contribution in [2.45, 2.75) is 0 Å². The Hall–Kier alpha value is -1.88. The second-order valence-electron chi connectivity index (χ2n) is 4.72. The summed E-state index contributed by atoms with van der Waals surface area (Å²) in [5.41, 5.74) is 2.72. The first-order valence-corrected chi connectivity index (χ1v) is 7.63. The van der Waals surface area contributed by atoms with Gasteiger partial charge in [-0.2, -0.15) is 0 Å². The average Bonchev–Trinajstić information content (AvgIpc) is 2.54. The molecule has 0 aliphatic heterocycles. The normalized spacial score (nSPS) is 10.6. The van der Waals surface area contributed by atoms with Gasteiger partial charge >= 0.3 is 0 Å². The number of methoxy groups -OCH3 is 1. The van der Waals surface area contributed by atoms with Crippen molar-refractivity contribution in [1.82, 2.24) is 0 Å². The molecule has 3 heteroatoms. The summed E-state index contributed by atoms with van der Waals surface area (Å²) in [7, 11) is 1.57. The van der Waals surface area contributed by atoms with Crippen LogP contribution >= 0.6 is 22.6 Å². The maximum atomic E-state index is 11.2. The van der Waals surface area contributed by atoms with Crippen LogP contribution in [-0.2, 0) is 0 Å². The summed E-state index contributed by atoms with van der Waals surface area (Å²) in [5.74, 6) is 0.601. The highest BCUT2D eigenvalue weighted by atomic mass is 127. The molecule has 3 rings (SSSR count). The maximum Gasteiger partial charge on any atom is 0.153 e. The molecule has 0 fully saturated rings. The maximum absolute atomic E-state index is 11.2. The number of hydrogen-bond donors (Lipinski definition) is 0. The molecule has 3 aromatic rings. The van der Waals surface area contributed by atoms with E-state index in [9.17, 15) is 4.79 Å². The first kappa shape index (κ1) is 14.1. The van der Waals surface area contributed by atoms with Crippen LogP contribution in [0.3, 0.4) is 0 Å². The second kappa shape index (κ2) is 5.85. The minimum Gasteiger partial charge on any atom is -0.496 e.